The number of pyridine rings is 1. The molecular formula is C12H11N3O2S2. The number of aromatic nitrogens is 1. The monoisotopic (exact) mass is 293 g/mol. The zero-order valence-corrected chi connectivity index (χ0v) is 11.8. The topological polar surface area (TPSA) is 74.1 Å². The Bertz CT molecular complexity index is 702. The molecule has 0 bridgehead atoms. The molecule has 0 saturated heterocycles. The maximum atomic E-state index is 12.3. The highest BCUT2D eigenvalue weighted by Gasteiger charge is 2.23. The van der Waals surface area contributed by atoms with Gasteiger partial charge in [0.05, 0.1) is 12.2 Å². The van der Waals surface area contributed by atoms with Crippen molar-refractivity contribution in [2.75, 3.05) is 7.05 Å². The van der Waals surface area contributed by atoms with Gasteiger partial charge in [-0.15, -0.1) is 11.3 Å². The number of hydrogen-bond acceptors (Lipinski definition) is 5. The lowest BCUT2D eigenvalue weighted by Crippen LogP contribution is -2.26. The number of nitriles is 1. The van der Waals surface area contributed by atoms with Gasteiger partial charge in [-0.25, -0.2) is 8.42 Å². The van der Waals surface area contributed by atoms with Gasteiger partial charge in [0, 0.05) is 13.2 Å². The van der Waals surface area contributed by atoms with E-state index >= 15 is 0 Å². The van der Waals surface area contributed by atoms with Gasteiger partial charge in [0.2, 0.25) is 0 Å². The Morgan fingerprint density at radius 2 is 2.16 bits per heavy atom. The van der Waals surface area contributed by atoms with Crippen molar-refractivity contribution in [2.24, 2.45) is 0 Å². The van der Waals surface area contributed by atoms with E-state index in [1.165, 1.54) is 23.5 Å². The standard InChI is InChI=1S/C12H11N3O2S2/c1-15(9-10-4-2-3-7-14-10)19(16,17)12-6-5-11(8-13)18-12/h2-7H,9H2,1H3. The smallest absolute Gasteiger partial charge is 0.252 e. The van der Waals surface area contributed by atoms with Crippen LogP contribution in [0.3, 0.4) is 0 Å². The van der Waals surface area contributed by atoms with Crippen molar-refractivity contribution in [1.29, 1.82) is 5.26 Å². The molecule has 2 aromatic heterocycles. The summed E-state index contributed by atoms with van der Waals surface area (Å²) in [6.45, 7) is 0.197. The average Bonchev–Trinajstić information content (AvgIpc) is 2.89. The molecule has 0 atom stereocenters. The summed E-state index contributed by atoms with van der Waals surface area (Å²) in [6.07, 6.45) is 1.62. The number of sulfonamides is 1. The van der Waals surface area contributed by atoms with Crippen LogP contribution in [0, 0.1) is 11.3 Å². The highest BCUT2D eigenvalue weighted by atomic mass is 32.2. The minimum absolute atomic E-state index is 0.169. The van der Waals surface area contributed by atoms with Gasteiger partial charge in [-0.3, -0.25) is 4.98 Å². The molecule has 5 nitrogen and oxygen atoms in total. The summed E-state index contributed by atoms with van der Waals surface area (Å²) in [5, 5.41) is 8.73. The van der Waals surface area contributed by atoms with Gasteiger partial charge in [-0.05, 0) is 24.3 Å². The van der Waals surface area contributed by atoms with Crippen molar-refractivity contribution in [3.8, 4) is 6.07 Å². The highest BCUT2D eigenvalue weighted by Crippen LogP contribution is 2.24. The van der Waals surface area contributed by atoms with Gasteiger partial charge in [0.1, 0.15) is 15.2 Å². The van der Waals surface area contributed by atoms with Gasteiger partial charge in [-0.2, -0.15) is 9.57 Å². The van der Waals surface area contributed by atoms with E-state index in [0.717, 1.165) is 11.3 Å². The third-order valence-electron chi connectivity index (χ3n) is 2.47. The molecule has 0 aliphatic rings. The molecule has 0 fully saturated rings. The first kappa shape index (κ1) is 13.7. The number of nitrogens with zero attached hydrogens (tertiary/aromatic N) is 3. The summed E-state index contributed by atoms with van der Waals surface area (Å²) >= 11 is 0.968. The second-order valence-corrected chi connectivity index (χ2v) is 7.17. The Kier molecular flexibility index (Phi) is 3.95. The van der Waals surface area contributed by atoms with Crippen LogP contribution in [0.4, 0.5) is 0 Å². The fraction of sp³-hybridized carbons (Fsp3) is 0.167. The number of thiophene rings is 1. The van der Waals surface area contributed by atoms with Crippen molar-refractivity contribution in [2.45, 2.75) is 10.8 Å². The van der Waals surface area contributed by atoms with E-state index in [1.807, 2.05) is 12.1 Å². The van der Waals surface area contributed by atoms with Crippen molar-refractivity contribution in [1.82, 2.24) is 9.29 Å². The highest BCUT2D eigenvalue weighted by molar-refractivity contribution is 7.91. The molecular weight excluding hydrogens is 282 g/mol. The Morgan fingerprint density at radius 1 is 1.37 bits per heavy atom. The summed E-state index contributed by atoms with van der Waals surface area (Å²) in [6, 6.07) is 10.2. The predicted molar refractivity (Wildman–Crippen MR) is 71.9 cm³/mol. The van der Waals surface area contributed by atoms with Gasteiger partial charge in [0.25, 0.3) is 10.0 Å². The maximum Gasteiger partial charge on any atom is 0.252 e. The van der Waals surface area contributed by atoms with Crippen LogP contribution in [0.15, 0.2) is 40.7 Å². The Labute approximate surface area is 115 Å². The van der Waals surface area contributed by atoms with Gasteiger partial charge < -0.3 is 0 Å². The van der Waals surface area contributed by atoms with Crippen LogP contribution in [0.1, 0.15) is 10.6 Å². The second-order valence-electron chi connectivity index (χ2n) is 3.81. The van der Waals surface area contributed by atoms with Crippen LogP contribution in [-0.2, 0) is 16.6 Å². The van der Waals surface area contributed by atoms with Gasteiger partial charge in [0.15, 0.2) is 0 Å². The molecule has 0 amide bonds. The summed E-state index contributed by atoms with van der Waals surface area (Å²) in [7, 11) is -2.07. The summed E-state index contributed by atoms with van der Waals surface area (Å²) in [5.41, 5.74) is 0.672. The minimum atomic E-state index is -3.57. The third kappa shape index (κ3) is 2.98. The molecule has 0 spiro atoms. The van der Waals surface area contributed by atoms with Gasteiger partial charge >= 0.3 is 0 Å². The second kappa shape index (κ2) is 5.48. The van der Waals surface area contributed by atoms with E-state index in [-0.39, 0.29) is 10.8 Å². The van der Waals surface area contributed by atoms with E-state index < -0.39 is 10.0 Å². The first-order valence-corrected chi connectivity index (χ1v) is 7.66. The van der Waals surface area contributed by atoms with Crippen molar-refractivity contribution < 1.29 is 8.42 Å². The normalized spacial score (nSPS) is 11.4. The number of rotatable bonds is 4. The van der Waals surface area contributed by atoms with E-state index in [1.54, 1.807) is 18.3 Å². The van der Waals surface area contributed by atoms with Crippen LogP contribution in [0.2, 0.25) is 0 Å². The first-order valence-electron chi connectivity index (χ1n) is 5.40. The van der Waals surface area contributed by atoms with Crippen LogP contribution < -0.4 is 0 Å². The lowest BCUT2D eigenvalue weighted by molar-refractivity contribution is 0.464. The molecule has 0 aromatic carbocycles. The lowest BCUT2D eigenvalue weighted by Gasteiger charge is -2.15. The quantitative estimate of drug-likeness (QED) is 0.862. The molecule has 0 unspecified atom stereocenters. The number of hydrogen-bond donors (Lipinski definition) is 0. The zero-order chi connectivity index (χ0) is 13.9. The zero-order valence-electron chi connectivity index (χ0n) is 10.1. The molecule has 98 valence electrons. The van der Waals surface area contributed by atoms with Gasteiger partial charge in [-0.1, -0.05) is 6.07 Å². The summed E-state index contributed by atoms with van der Waals surface area (Å²) < 4.78 is 25.9. The maximum absolute atomic E-state index is 12.3. The Hall–Kier alpha value is -1.75. The van der Waals surface area contributed by atoms with Crippen LogP contribution in [0.5, 0.6) is 0 Å². The third-order valence-corrected chi connectivity index (χ3v) is 5.73. The predicted octanol–water partition coefficient (Wildman–Crippen LogP) is 1.84. The van der Waals surface area contributed by atoms with E-state index in [0.29, 0.717) is 10.6 Å². The first-order chi connectivity index (χ1) is 9.04. The molecule has 19 heavy (non-hydrogen) atoms. The van der Waals surface area contributed by atoms with Crippen molar-refractivity contribution >= 4 is 21.4 Å². The van der Waals surface area contributed by atoms with E-state index in [4.69, 9.17) is 5.26 Å². The van der Waals surface area contributed by atoms with Crippen LogP contribution in [-0.4, -0.2) is 24.8 Å². The SMILES string of the molecule is CN(Cc1ccccn1)S(=O)(=O)c1ccc(C#N)s1. The average molecular weight is 293 g/mol. The molecule has 2 aromatic rings. The summed E-state index contributed by atoms with van der Waals surface area (Å²) in [5.74, 6) is 0. The van der Waals surface area contributed by atoms with Crippen molar-refractivity contribution in [3.63, 3.8) is 0 Å². The van der Waals surface area contributed by atoms with Crippen LogP contribution in [0.25, 0.3) is 0 Å². The fourth-order valence-corrected chi connectivity index (χ4v) is 3.93. The largest absolute Gasteiger partial charge is 0.260 e. The summed E-state index contributed by atoms with van der Waals surface area (Å²) in [4.78, 5) is 4.47. The minimum Gasteiger partial charge on any atom is -0.260 e. The molecule has 0 aliphatic carbocycles. The Balaban J connectivity index is 2.22. The van der Waals surface area contributed by atoms with Crippen LogP contribution >= 0.6 is 11.3 Å². The Morgan fingerprint density at radius 3 is 2.74 bits per heavy atom. The van der Waals surface area contributed by atoms with E-state index in [2.05, 4.69) is 4.98 Å². The molecule has 7 heteroatoms. The molecule has 0 N–H and O–H groups in total. The molecule has 0 aliphatic heterocycles. The lowest BCUT2D eigenvalue weighted by atomic mass is 10.3. The molecule has 2 rings (SSSR count). The fourth-order valence-electron chi connectivity index (χ4n) is 1.48. The molecule has 0 saturated carbocycles. The van der Waals surface area contributed by atoms with Crippen molar-refractivity contribution in [3.05, 3.63) is 47.1 Å². The molecule has 2 heterocycles. The molecule has 0 radical (unpaired) electrons. The van der Waals surface area contributed by atoms with E-state index in [9.17, 15) is 8.42 Å².